The molecule has 8 aromatic carbocycles. The van der Waals surface area contributed by atoms with Gasteiger partial charge in [0.25, 0.3) is 0 Å². The Hall–Kier alpha value is -6.68. The molecule has 0 spiro atoms. The topological polar surface area (TPSA) is 0 Å². The molecule has 0 aliphatic rings. The zero-order chi connectivity index (χ0) is 33.7. The maximum Gasteiger partial charge on any atom is 0.0243 e. The van der Waals surface area contributed by atoms with Gasteiger partial charge in [-0.05, 0) is 90.0 Å². The van der Waals surface area contributed by atoms with Crippen molar-refractivity contribution in [1.82, 2.24) is 0 Å². The first-order valence-electron chi connectivity index (χ1n) is 17.0. The molecule has 0 heteroatoms. The summed E-state index contributed by atoms with van der Waals surface area (Å²) in [5.74, 6) is 2.73. The Labute approximate surface area is 295 Å². The Morgan fingerprint density at radius 3 is 0.660 bits per heavy atom. The highest BCUT2D eigenvalue weighted by molar-refractivity contribution is 6.15. The van der Waals surface area contributed by atoms with Crippen LogP contribution in [0.25, 0.3) is 77.9 Å². The highest BCUT2D eigenvalue weighted by atomic mass is 14.3. The maximum absolute atomic E-state index is 5.65. The van der Waals surface area contributed by atoms with E-state index in [4.69, 9.17) is 6.42 Å². The third-order valence-electron chi connectivity index (χ3n) is 9.37. The van der Waals surface area contributed by atoms with Crippen molar-refractivity contribution in [3.8, 4) is 90.2 Å². The molecule has 0 saturated carbocycles. The van der Waals surface area contributed by atoms with Crippen LogP contribution in [-0.4, -0.2) is 0 Å². The molecule has 0 aliphatic heterocycles. The van der Waals surface area contributed by atoms with E-state index in [0.717, 1.165) is 22.3 Å². The molecule has 8 aromatic rings. The largest absolute Gasteiger partial charge is 0.115 e. The predicted octanol–water partition coefficient (Wildman–Crippen LogP) is 13.3. The fourth-order valence-corrected chi connectivity index (χ4v) is 7.09. The van der Waals surface area contributed by atoms with Crippen LogP contribution in [-0.2, 0) is 0 Å². The summed E-state index contributed by atoms with van der Waals surface area (Å²) in [4.78, 5) is 0. The van der Waals surface area contributed by atoms with Gasteiger partial charge < -0.3 is 0 Å². The van der Waals surface area contributed by atoms with Crippen LogP contribution in [0.15, 0.2) is 200 Å². The lowest BCUT2D eigenvalue weighted by Crippen LogP contribution is -2.02. The van der Waals surface area contributed by atoms with Crippen molar-refractivity contribution < 1.29 is 0 Å². The van der Waals surface area contributed by atoms with Crippen LogP contribution in [0.1, 0.15) is 5.56 Å². The minimum atomic E-state index is 0.880. The molecule has 0 aromatic heterocycles. The van der Waals surface area contributed by atoms with E-state index in [1.807, 2.05) is 12.1 Å². The normalized spacial score (nSPS) is 10.8. The molecule has 0 N–H and O–H groups in total. The molecule has 0 saturated heterocycles. The van der Waals surface area contributed by atoms with Gasteiger partial charge in [0.15, 0.2) is 0 Å². The fourth-order valence-electron chi connectivity index (χ4n) is 7.09. The lowest BCUT2D eigenvalue weighted by atomic mass is 9.74. The van der Waals surface area contributed by atoms with Crippen molar-refractivity contribution in [2.45, 2.75) is 0 Å². The molecule has 0 heterocycles. The highest BCUT2D eigenvalue weighted by Crippen LogP contribution is 2.55. The summed E-state index contributed by atoms with van der Waals surface area (Å²) in [6.45, 7) is 0. The molecule has 50 heavy (non-hydrogen) atoms. The molecular formula is C50H34. The molecule has 0 aliphatic carbocycles. The van der Waals surface area contributed by atoms with E-state index in [2.05, 4.69) is 194 Å². The zero-order valence-electron chi connectivity index (χ0n) is 27.6. The van der Waals surface area contributed by atoms with E-state index < -0.39 is 0 Å². The van der Waals surface area contributed by atoms with Gasteiger partial charge in [0.1, 0.15) is 0 Å². The molecule has 234 valence electrons. The lowest BCUT2D eigenvalue weighted by Gasteiger charge is -2.28. The third-order valence-corrected chi connectivity index (χ3v) is 9.37. The van der Waals surface area contributed by atoms with E-state index in [9.17, 15) is 0 Å². The van der Waals surface area contributed by atoms with Crippen molar-refractivity contribution in [1.29, 1.82) is 0 Å². The Bertz CT molecular complexity index is 2300. The first kappa shape index (κ1) is 30.6. The second-order valence-electron chi connectivity index (χ2n) is 12.4. The summed E-state index contributed by atoms with van der Waals surface area (Å²) in [5.41, 5.74) is 17.4. The van der Waals surface area contributed by atoms with E-state index >= 15 is 0 Å². The monoisotopic (exact) mass is 634 g/mol. The molecule has 0 atom stereocenters. The van der Waals surface area contributed by atoms with Crippen LogP contribution in [0, 0.1) is 12.3 Å². The van der Waals surface area contributed by atoms with Crippen LogP contribution in [0.2, 0.25) is 0 Å². The predicted molar refractivity (Wildman–Crippen MR) is 212 cm³/mol. The average Bonchev–Trinajstić information content (AvgIpc) is 3.21. The first-order chi connectivity index (χ1) is 24.8. The third kappa shape index (κ3) is 5.83. The molecule has 0 radical (unpaired) electrons. The molecule has 8 rings (SSSR count). The van der Waals surface area contributed by atoms with Crippen molar-refractivity contribution in [3.63, 3.8) is 0 Å². The van der Waals surface area contributed by atoms with Crippen molar-refractivity contribution in [3.05, 3.63) is 206 Å². The standard InChI is InChI=1S/C50H34/c1-2-36-28-30-37(31-29-36)38-32-34-44(35-33-38)50-48(42-24-14-6-15-25-42)46(40-20-10-4-11-21-40)45(39-18-8-3-9-19-39)47(41-22-12-5-13-23-41)49(50)43-26-16-7-17-27-43/h1,3-35H. The molecule has 0 nitrogen and oxygen atoms in total. The smallest absolute Gasteiger partial charge is 0.0243 e. The van der Waals surface area contributed by atoms with Crippen LogP contribution in [0.3, 0.4) is 0 Å². The van der Waals surface area contributed by atoms with Crippen molar-refractivity contribution in [2.24, 2.45) is 0 Å². The molecular weight excluding hydrogens is 601 g/mol. The maximum atomic E-state index is 5.65. The van der Waals surface area contributed by atoms with Gasteiger partial charge in [-0.2, -0.15) is 0 Å². The summed E-state index contributed by atoms with van der Waals surface area (Å²) < 4.78 is 0. The minimum absolute atomic E-state index is 0.880. The van der Waals surface area contributed by atoms with Gasteiger partial charge in [-0.15, -0.1) is 6.42 Å². The van der Waals surface area contributed by atoms with Gasteiger partial charge in [-0.25, -0.2) is 0 Å². The number of terminal acetylenes is 1. The zero-order valence-corrected chi connectivity index (χ0v) is 27.6. The van der Waals surface area contributed by atoms with Crippen molar-refractivity contribution in [2.75, 3.05) is 0 Å². The quantitative estimate of drug-likeness (QED) is 0.153. The number of hydrogen-bond donors (Lipinski definition) is 0. The number of benzene rings is 8. The number of hydrogen-bond acceptors (Lipinski definition) is 0. The molecule has 0 unspecified atom stereocenters. The second-order valence-corrected chi connectivity index (χ2v) is 12.4. The summed E-state index contributed by atoms with van der Waals surface area (Å²) in [6.07, 6.45) is 5.65. The SMILES string of the molecule is C#Cc1ccc(-c2ccc(-c3c(-c4ccccc4)c(-c4ccccc4)c(-c4ccccc4)c(-c4ccccc4)c3-c3ccccc3)cc2)cc1. The Morgan fingerprint density at radius 2 is 0.420 bits per heavy atom. The van der Waals surface area contributed by atoms with E-state index in [1.54, 1.807) is 0 Å². The molecule has 0 amide bonds. The van der Waals surface area contributed by atoms with Crippen LogP contribution in [0.5, 0.6) is 0 Å². The van der Waals surface area contributed by atoms with Gasteiger partial charge >= 0.3 is 0 Å². The van der Waals surface area contributed by atoms with Crippen LogP contribution < -0.4 is 0 Å². The summed E-state index contributed by atoms with van der Waals surface area (Å²) >= 11 is 0. The van der Waals surface area contributed by atoms with Crippen LogP contribution in [0.4, 0.5) is 0 Å². The summed E-state index contributed by atoms with van der Waals surface area (Å²) in [6, 6.07) is 71.7. The highest BCUT2D eigenvalue weighted by Gasteiger charge is 2.28. The Morgan fingerprint density at radius 1 is 0.220 bits per heavy atom. The first-order valence-corrected chi connectivity index (χ1v) is 17.0. The molecule has 0 fully saturated rings. The van der Waals surface area contributed by atoms with Gasteiger partial charge in [-0.1, -0.05) is 194 Å². The Kier molecular flexibility index (Phi) is 8.47. The van der Waals surface area contributed by atoms with Gasteiger partial charge in [0.05, 0.1) is 0 Å². The van der Waals surface area contributed by atoms with E-state index in [0.29, 0.717) is 0 Å². The Balaban J connectivity index is 1.57. The van der Waals surface area contributed by atoms with E-state index in [-0.39, 0.29) is 0 Å². The summed E-state index contributed by atoms with van der Waals surface area (Å²) in [5, 5.41) is 0. The fraction of sp³-hybridized carbons (Fsp3) is 0. The summed E-state index contributed by atoms with van der Waals surface area (Å²) in [7, 11) is 0. The lowest BCUT2D eigenvalue weighted by molar-refractivity contribution is 1.51. The van der Waals surface area contributed by atoms with Crippen LogP contribution >= 0.6 is 0 Å². The average molecular weight is 635 g/mol. The second kappa shape index (κ2) is 13.8. The molecule has 0 bridgehead atoms. The van der Waals surface area contributed by atoms with Gasteiger partial charge in [0, 0.05) is 5.56 Å². The number of rotatable bonds is 7. The van der Waals surface area contributed by atoms with Crippen molar-refractivity contribution >= 4 is 0 Å². The van der Waals surface area contributed by atoms with Gasteiger partial charge in [-0.3, -0.25) is 0 Å². The minimum Gasteiger partial charge on any atom is -0.115 e. The van der Waals surface area contributed by atoms with E-state index in [1.165, 1.54) is 61.2 Å². The van der Waals surface area contributed by atoms with Gasteiger partial charge in [0.2, 0.25) is 0 Å².